The number of rotatable bonds is 7. The molecule has 0 bridgehead atoms. The first-order valence-electron chi connectivity index (χ1n) is 8.40. The Morgan fingerprint density at radius 1 is 1.08 bits per heavy atom. The molecule has 6 nitrogen and oxygen atoms in total. The smallest absolute Gasteiger partial charge is 0.315 e. The predicted molar refractivity (Wildman–Crippen MR) is 98.9 cm³/mol. The van der Waals surface area contributed by atoms with Crippen molar-refractivity contribution in [2.75, 3.05) is 13.7 Å². The summed E-state index contributed by atoms with van der Waals surface area (Å²) in [6.07, 6.45) is 0.590. The number of ether oxygens (including phenoxy) is 1. The van der Waals surface area contributed by atoms with Gasteiger partial charge in [-0.3, -0.25) is 0 Å². The lowest BCUT2D eigenvalue weighted by Gasteiger charge is -2.06. The highest BCUT2D eigenvalue weighted by Crippen LogP contribution is 2.24. The lowest BCUT2D eigenvalue weighted by Crippen LogP contribution is -2.36. The van der Waals surface area contributed by atoms with Crippen molar-refractivity contribution in [2.45, 2.75) is 13.0 Å². The van der Waals surface area contributed by atoms with Crippen LogP contribution in [0.5, 0.6) is 5.75 Å². The number of methoxy groups -OCH3 is 1. The van der Waals surface area contributed by atoms with E-state index in [-0.39, 0.29) is 6.03 Å². The first-order chi connectivity index (χ1) is 12.7. The molecule has 0 atom stereocenters. The van der Waals surface area contributed by atoms with Gasteiger partial charge in [0, 0.05) is 31.1 Å². The molecule has 1 heterocycles. The van der Waals surface area contributed by atoms with Crippen LogP contribution in [0.1, 0.15) is 11.3 Å². The van der Waals surface area contributed by atoms with Gasteiger partial charge in [-0.2, -0.15) is 0 Å². The summed E-state index contributed by atoms with van der Waals surface area (Å²) < 4.78 is 10.6. The first-order valence-corrected chi connectivity index (χ1v) is 8.40. The summed E-state index contributed by atoms with van der Waals surface area (Å²) in [4.78, 5) is 11.8. The Labute approximate surface area is 152 Å². The highest BCUT2D eigenvalue weighted by molar-refractivity contribution is 5.73. The molecule has 0 aliphatic heterocycles. The van der Waals surface area contributed by atoms with E-state index in [1.807, 2.05) is 60.7 Å². The monoisotopic (exact) mass is 351 g/mol. The molecule has 1 aromatic heterocycles. The molecule has 0 unspecified atom stereocenters. The van der Waals surface area contributed by atoms with Crippen LogP contribution in [-0.2, 0) is 13.0 Å². The van der Waals surface area contributed by atoms with E-state index in [9.17, 15) is 4.79 Å². The zero-order valence-electron chi connectivity index (χ0n) is 14.6. The number of nitrogens with zero attached hydrogens (tertiary/aromatic N) is 1. The molecule has 0 saturated heterocycles. The van der Waals surface area contributed by atoms with E-state index in [1.54, 1.807) is 7.11 Å². The molecule has 0 saturated carbocycles. The summed E-state index contributed by atoms with van der Waals surface area (Å²) in [6.45, 7) is 0.974. The van der Waals surface area contributed by atoms with Gasteiger partial charge in [-0.1, -0.05) is 47.6 Å². The number of aromatic nitrogens is 1. The fraction of sp³-hybridized carbons (Fsp3) is 0.200. The van der Waals surface area contributed by atoms with E-state index in [1.165, 1.54) is 0 Å². The third kappa shape index (κ3) is 4.86. The molecule has 134 valence electrons. The van der Waals surface area contributed by atoms with Gasteiger partial charge in [0.1, 0.15) is 5.75 Å². The number of carbonyl (C=O) groups is 1. The Morgan fingerprint density at radius 2 is 1.92 bits per heavy atom. The molecule has 0 aliphatic carbocycles. The molecule has 3 rings (SSSR count). The summed E-state index contributed by atoms with van der Waals surface area (Å²) in [5.74, 6) is 1.43. The normalized spacial score (nSPS) is 10.3. The van der Waals surface area contributed by atoms with E-state index in [0.29, 0.717) is 25.3 Å². The Bertz CT molecular complexity index is 846. The van der Waals surface area contributed by atoms with E-state index >= 15 is 0 Å². The quantitative estimate of drug-likeness (QED) is 0.684. The maximum atomic E-state index is 11.8. The zero-order chi connectivity index (χ0) is 18.2. The number of hydrogen-bond acceptors (Lipinski definition) is 4. The molecule has 0 radical (unpaired) electrons. The summed E-state index contributed by atoms with van der Waals surface area (Å²) in [7, 11) is 1.62. The highest BCUT2D eigenvalue weighted by atomic mass is 16.5. The van der Waals surface area contributed by atoms with Gasteiger partial charge in [0.2, 0.25) is 0 Å². The minimum Gasteiger partial charge on any atom is -0.497 e. The average Bonchev–Trinajstić information content (AvgIpc) is 3.16. The van der Waals surface area contributed by atoms with Crippen LogP contribution in [0.4, 0.5) is 4.79 Å². The number of nitrogens with one attached hydrogen (secondary N) is 2. The third-order valence-corrected chi connectivity index (χ3v) is 3.88. The first kappa shape index (κ1) is 17.5. The van der Waals surface area contributed by atoms with Crippen LogP contribution >= 0.6 is 0 Å². The van der Waals surface area contributed by atoms with Gasteiger partial charge in [0.25, 0.3) is 0 Å². The van der Waals surface area contributed by atoms with Gasteiger partial charge in [0.15, 0.2) is 5.76 Å². The average molecular weight is 351 g/mol. The number of carbonyl (C=O) groups excluding carboxylic acids is 1. The number of benzene rings is 2. The van der Waals surface area contributed by atoms with E-state index in [0.717, 1.165) is 22.6 Å². The van der Waals surface area contributed by atoms with Gasteiger partial charge in [-0.15, -0.1) is 0 Å². The van der Waals surface area contributed by atoms with Crippen LogP contribution in [-0.4, -0.2) is 24.8 Å². The van der Waals surface area contributed by atoms with E-state index in [2.05, 4.69) is 15.8 Å². The standard InChI is InChI=1S/C20H21N3O3/c1-25-18-9-5-8-16(12-18)19-13-17(23-26-19)10-11-21-20(24)22-14-15-6-3-2-4-7-15/h2-9,12-13H,10-11,14H2,1H3,(H2,21,22,24). The van der Waals surface area contributed by atoms with Crippen LogP contribution in [0, 0.1) is 0 Å². The summed E-state index contributed by atoms with van der Waals surface area (Å²) >= 11 is 0. The lowest BCUT2D eigenvalue weighted by molar-refractivity contribution is 0.240. The van der Waals surface area contributed by atoms with Crippen molar-refractivity contribution in [1.82, 2.24) is 15.8 Å². The van der Waals surface area contributed by atoms with Crippen molar-refractivity contribution in [2.24, 2.45) is 0 Å². The largest absolute Gasteiger partial charge is 0.497 e. The van der Waals surface area contributed by atoms with Crippen molar-refractivity contribution in [3.8, 4) is 17.1 Å². The topological polar surface area (TPSA) is 76.4 Å². The third-order valence-electron chi connectivity index (χ3n) is 3.88. The van der Waals surface area contributed by atoms with Crippen LogP contribution in [0.3, 0.4) is 0 Å². The Kier molecular flexibility index (Phi) is 5.88. The van der Waals surface area contributed by atoms with Gasteiger partial charge in [-0.25, -0.2) is 4.79 Å². The van der Waals surface area contributed by atoms with Crippen LogP contribution in [0.15, 0.2) is 65.2 Å². The number of hydrogen-bond donors (Lipinski definition) is 2. The van der Waals surface area contributed by atoms with Crippen LogP contribution in [0.2, 0.25) is 0 Å². The molecule has 26 heavy (non-hydrogen) atoms. The Balaban J connectivity index is 1.45. The molecule has 0 fully saturated rings. The fourth-order valence-electron chi connectivity index (χ4n) is 2.49. The second-order valence-corrected chi connectivity index (χ2v) is 5.76. The van der Waals surface area contributed by atoms with Gasteiger partial charge >= 0.3 is 6.03 Å². The second-order valence-electron chi connectivity index (χ2n) is 5.76. The predicted octanol–water partition coefficient (Wildman–Crippen LogP) is 3.39. The molecule has 0 spiro atoms. The number of urea groups is 1. The second kappa shape index (κ2) is 8.71. The summed E-state index contributed by atoms with van der Waals surface area (Å²) in [5.41, 5.74) is 2.74. The minimum absolute atomic E-state index is 0.203. The molecule has 2 N–H and O–H groups in total. The molecular formula is C20H21N3O3. The van der Waals surface area contributed by atoms with Crippen molar-refractivity contribution >= 4 is 6.03 Å². The van der Waals surface area contributed by atoms with E-state index < -0.39 is 0 Å². The molecule has 2 aromatic carbocycles. The SMILES string of the molecule is COc1cccc(-c2cc(CCNC(=O)NCc3ccccc3)no2)c1. The van der Waals surface area contributed by atoms with E-state index in [4.69, 9.17) is 9.26 Å². The summed E-state index contributed by atoms with van der Waals surface area (Å²) in [6, 6.07) is 19.0. The van der Waals surface area contributed by atoms with Crippen molar-refractivity contribution in [3.05, 3.63) is 71.9 Å². The molecule has 3 aromatic rings. The van der Waals surface area contributed by atoms with Crippen LogP contribution in [0.25, 0.3) is 11.3 Å². The number of amides is 2. The van der Waals surface area contributed by atoms with Crippen LogP contribution < -0.4 is 15.4 Å². The van der Waals surface area contributed by atoms with Crippen molar-refractivity contribution in [3.63, 3.8) is 0 Å². The Morgan fingerprint density at radius 3 is 2.73 bits per heavy atom. The Hall–Kier alpha value is -3.28. The molecule has 6 heteroatoms. The fourth-order valence-corrected chi connectivity index (χ4v) is 2.49. The molecule has 2 amide bonds. The maximum Gasteiger partial charge on any atom is 0.315 e. The van der Waals surface area contributed by atoms with Gasteiger partial charge in [0.05, 0.1) is 12.8 Å². The van der Waals surface area contributed by atoms with Crippen molar-refractivity contribution in [1.29, 1.82) is 0 Å². The zero-order valence-corrected chi connectivity index (χ0v) is 14.6. The van der Waals surface area contributed by atoms with Gasteiger partial charge < -0.3 is 19.9 Å². The summed E-state index contributed by atoms with van der Waals surface area (Å²) in [5, 5.41) is 9.69. The van der Waals surface area contributed by atoms with Crippen molar-refractivity contribution < 1.29 is 14.1 Å². The lowest BCUT2D eigenvalue weighted by atomic mass is 10.1. The minimum atomic E-state index is -0.203. The van der Waals surface area contributed by atoms with Gasteiger partial charge in [-0.05, 0) is 17.7 Å². The highest BCUT2D eigenvalue weighted by Gasteiger charge is 2.08. The molecular weight excluding hydrogens is 330 g/mol. The maximum absolute atomic E-state index is 11.8. The molecule has 0 aliphatic rings.